The molecule has 0 amide bonds. The van der Waals surface area contributed by atoms with Crippen LogP contribution in [0.15, 0.2) is 36.4 Å². The van der Waals surface area contributed by atoms with E-state index < -0.39 is 0 Å². The highest BCUT2D eigenvalue weighted by atomic mass is 19.1. The Hall–Kier alpha value is -1.35. The van der Waals surface area contributed by atoms with E-state index in [4.69, 9.17) is 0 Å². The molecule has 0 aliphatic carbocycles. The number of halogens is 1. The van der Waals surface area contributed by atoms with Gasteiger partial charge in [0, 0.05) is 25.8 Å². The molecule has 0 fully saturated rings. The lowest BCUT2D eigenvalue weighted by atomic mass is 10.2. The Morgan fingerprint density at radius 3 is 2.53 bits per heavy atom. The van der Waals surface area contributed by atoms with Crippen molar-refractivity contribution in [2.45, 2.75) is 0 Å². The normalized spacial score (nSPS) is 10.1. The second kappa shape index (κ2) is 5.51. The van der Waals surface area contributed by atoms with Gasteiger partial charge in [-0.15, -0.1) is 0 Å². The van der Waals surface area contributed by atoms with Gasteiger partial charge in [0.2, 0.25) is 0 Å². The van der Waals surface area contributed by atoms with Gasteiger partial charge in [-0.05, 0) is 36.9 Å². The molecule has 0 bridgehead atoms. The van der Waals surface area contributed by atoms with Crippen molar-refractivity contribution < 1.29 is 4.39 Å². The summed E-state index contributed by atoms with van der Waals surface area (Å²) in [4.78, 5) is 2.04. The van der Waals surface area contributed by atoms with E-state index in [2.05, 4.69) is 11.9 Å². The molecule has 0 aliphatic rings. The fraction of sp³-hybridized carbons (Fsp3) is 0.333. The van der Waals surface area contributed by atoms with Crippen LogP contribution in [0.3, 0.4) is 0 Å². The summed E-state index contributed by atoms with van der Waals surface area (Å²) in [6, 6.07) is 6.46. The number of hydrogen-bond donors (Lipinski definition) is 1. The standard InChI is InChI=1S/C12H17FN2/c1-10(8-14-2)9-15(3)12-6-4-11(13)5-7-12/h4-7,14H,1,8-9H2,2-3H3. The van der Waals surface area contributed by atoms with Crippen LogP contribution in [0.2, 0.25) is 0 Å². The van der Waals surface area contributed by atoms with Crippen molar-refractivity contribution in [2.24, 2.45) is 0 Å². The Bertz CT molecular complexity index is 319. The third-order valence-corrected chi connectivity index (χ3v) is 2.15. The van der Waals surface area contributed by atoms with E-state index in [9.17, 15) is 4.39 Å². The molecule has 0 radical (unpaired) electrons. The lowest BCUT2D eigenvalue weighted by Gasteiger charge is -2.20. The van der Waals surface area contributed by atoms with E-state index in [1.807, 2.05) is 19.0 Å². The van der Waals surface area contributed by atoms with E-state index in [1.54, 1.807) is 12.1 Å². The fourth-order valence-corrected chi connectivity index (χ4v) is 1.43. The molecule has 1 rings (SSSR count). The zero-order valence-corrected chi connectivity index (χ0v) is 9.26. The number of likely N-dealkylation sites (N-methyl/N-ethyl adjacent to an activating group) is 2. The summed E-state index contributed by atoms with van der Waals surface area (Å²) in [5, 5.41) is 3.05. The van der Waals surface area contributed by atoms with Gasteiger partial charge in [0.1, 0.15) is 5.82 Å². The maximum Gasteiger partial charge on any atom is 0.123 e. The van der Waals surface area contributed by atoms with E-state index in [-0.39, 0.29) is 5.82 Å². The first-order chi connectivity index (χ1) is 7.13. The molecular weight excluding hydrogens is 191 g/mol. The number of benzene rings is 1. The molecule has 1 N–H and O–H groups in total. The molecule has 0 saturated carbocycles. The second-order valence-corrected chi connectivity index (χ2v) is 3.61. The predicted molar refractivity (Wildman–Crippen MR) is 62.7 cm³/mol. The summed E-state index contributed by atoms with van der Waals surface area (Å²) >= 11 is 0. The van der Waals surface area contributed by atoms with Crippen LogP contribution < -0.4 is 10.2 Å². The molecule has 15 heavy (non-hydrogen) atoms. The van der Waals surface area contributed by atoms with Gasteiger partial charge < -0.3 is 10.2 Å². The van der Waals surface area contributed by atoms with Gasteiger partial charge in [0.15, 0.2) is 0 Å². The van der Waals surface area contributed by atoms with Crippen LogP contribution in [0.4, 0.5) is 10.1 Å². The van der Waals surface area contributed by atoms with Crippen LogP contribution in [0, 0.1) is 5.82 Å². The van der Waals surface area contributed by atoms with Crippen LogP contribution in [0.5, 0.6) is 0 Å². The van der Waals surface area contributed by atoms with Crippen molar-refractivity contribution in [1.82, 2.24) is 5.32 Å². The molecule has 82 valence electrons. The Labute approximate surface area is 90.4 Å². The third-order valence-electron chi connectivity index (χ3n) is 2.15. The maximum atomic E-state index is 12.7. The van der Waals surface area contributed by atoms with Crippen molar-refractivity contribution in [3.63, 3.8) is 0 Å². The molecule has 0 heterocycles. The van der Waals surface area contributed by atoms with Crippen LogP contribution >= 0.6 is 0 Å². The van der Waals surface area contributed by atoms with E-state index in [1.165, 1.54) is 12.1 Å². The van der Waals surface area contributed by atoms with Gasteiger partial charge in [-0.1, -0.05) is 6.58 Å². The molecule has 0 spiro atoms. The predicted octanol–water partition coefficient (Wildman–Crippen LogP) is 2.04. The fourth-order valence-electron chi connectivity index (χ4n) is 1.43. The highest BCUT2D eigenvalue weighted by Crippen LogP contribution is 2.13. The molecule has 0 unspecified atom stereocenters. The van der Waals surface area contributed by atoms with Gasteiger partial charge in [-0.3, -0.25) is 0 Å². The van der Waals surface area contributed by atoms with Gasteiger partial charge in [-0.25, -0.2) is 4.39 Å². The minimum absolute atomic E-state index is 0.207. The smallest absolute Gasteiger partial charge is 0.123 e. The van der Waals surface area contributed by atoms with Crippen molar-refractivity contribution in [3.8, 4) is 0 Å². The van der Waals surface area contributed by atoms with Crippen LogP contribution in [-0.4, -0.2) is 27.2 Å². The first-order valence-electron chi connectivity index (χ1n) is 4.91. The van der Waals surface area contributed by atoms with Gasteiger partial charge in [0.05, 0.1) is 0 Å². The molecular formula is C12H17FN2. The maximum absolute atomic E-state index is 12.7. The average molecular weight is 208 g/mol. The highest BCUT2D eigenvalue weighted by Gasteiger charge is 2.02. The SMILES string of the molecule is C=C(CNC)CN(C)c1ccc(F)cc1. The quantitative estimate of drug-likeness (QED) is 0.745. The average Bonchev–Trinajstić information content (AvgIpc) is 2.18. The number of nitrogens with one attached hydrogen (secondary N) is 1. The summed E-state index contributed by atoms with van der Waals surface area (Å²) in [5.74, 6) is -0.207. The Kier molecular flexibility index (Phi) is 4.31. The van der Waals surface area contributed by atoms with Crippen molar-refractivity contribution in [1.29, 1.82) is 0 Å². The molecule has 0 aliphatic heterocycles. The molecule has 0 atom stereocenters. The van der Waals surface area contributed by atoms with Crippen molar-refractivity contribution in [2.75, 3.05) is 32.1 Å². The lowest BCUT2D eigenvalue weighted by Crippen LogP contribution is -2.24. The molecule has 2 nitrogen and oxygen atoms in total. The van der Waals surface area contributed by atoms with Gasteiger partial charge in [-0.2, -0.15) is 0 Å². The van der Waals surface area contributed by atoms with Gasteiger partial charge in [0.25, 0.3) is 0 Å². The van der Waals surface area contributed by atoms with Crippen LogP contribution in [0.1, 0.15) is 0 Å². The molecule has 0 saturated heterocycles. The summed E-state index contributed by atoms with van der Waals surface area (Å²) < 4.78 is 12.7. The number of hydrogen-bond acceptors (Lipinski definition) is 2. The molecule has 1 aromatic rings. The number of rotatable bonds is 5. The summed E-state index contributed by atoms with van der Waals surface area (Å²) in [6.45, 7) is 5.52. The minimum atomic E-state index is -0.207. The Morgan fingerprint density at radius 2 is 2.00 bits per heavy atom. The van der Waals surface area contributed by atoms with Crippen LogP contribution in [0.25, 0.3) is 0 Å². The largest absolute Gasteiger partial charge is 0.371 e. The van der Waals surface area contributed by atoms with E-state index in [0.29, 0.717) is 0 Å². The molecule has 0 aromatic heterocycles. The summed E-state index contributed by atoms with van der Waals surface area (Å²) in [5.41, 5.74) is 2.10. The Morgan fingerprint density at radius 1 is 1.40 bits per heavy atom. The van der Waals surface area contributed by atoms with Crippen molar-refractivity contribution >= 4 is 5.69 Å². The first-order valence-corrected chi connectivity index (χ1v) is 4.91. The topological polar surface area (TPSA) is 15.3 Å². The minimum Gasteiger partial charge on any atom is -0.371 e. The van der Waals surface area contributed by atoms with Gasteiger partial charge >= 0.3 is 0 Å². The third kappa shape index (κ3) is 3.72. The van der Waals surface area contributed by atoms with Crippen LogP contribution in [-0.2, 0) is 0 Å². The highest BCUT2D eigenvalue weighted by molar-refractivity contribution is 5.46. The zero-order chi connectivity index (χ0) is 11.3. The second-order valence-electron chi connectivity index (χ2n) is 3.61. The van der Waals surface area contributed by atoms with Crippen molar-refractivity contribution in [3.05, 3.63) is 42.2 Å². The number of nitrogens with zero attached hydrogens (tertiary/aromatic N) is 1. The monoisotopic (exact) mass is 208 g/mol. The molecule has 1 aromatic carbocycles. The summed E-state index contributed by atoms with van der Waals surface area (Å²) in [6.07, 6.45) is 0. The summed E-state index contributed by atoms with van der Waals surface area (Å²) in [7, 11) is 3.86. The Balaban J connectivity index is 2.57. The zero-order valence-electron chi connectivity index (χ0n) is 9.26. The number of anilines is 1. The molecule has 3 heteroatoms. The lowest BCUT2D eigenvalue weighted by molar-refractivity contribution is 0.627. The van der Waals surface area contributed by atoms with E-state index in [0.717, 1.165) is 24.4 Å². The first kappa shape index (κ1) is 11.7. The van der Waals surface area contributed by atoms with E-state index >= 15 is 0 Å².